The summed E-state index contributed by atoms with van der Waals surface area (Å²) < 4.78 is 30.5. The van der Waals surface area contributed by atoms with Crippen molar-refractivity contribution in [3.63, 3.8) is 0 Å². The van der Waals surface area contributed by atoms with E-state index in [1.54, 1.807) is 13.8 Å². The molecule has 1 aliphatic heterocycles. The lowest BCUT2D eigenvalue weighted by atomic mass is 10.00. The summed E-state index contributed by atoms with van der Waals surface area (Å²) >= 11 is 0. The molecule has 0 aromatic carbocycles. The average Bonchev–Trinajstić information content (AvgIpc) is 2.11. The van der Waals surface area contributed by atoms with Crippen LogP contribution in [0, 0.1) is 5.92 Å². The van der Waals surface area contributed by atoms with E-state index in [1.165, 1.54) is 6.92 Å². The lowest BCUT2D eigenvalue weighted by Crippen LogP contribution is -2.71. The van der Waals surface area contributed by atoms with Crippen LogP contribution in [0.25, 0.3) is 0 Å². The topological polar surface area (TPSA) is 104 Å². The molecule has 0 saturated carbocycles. The van der Waals surface area contributed by atoms with E-state index in [4.69, 9.17) is 4.55 Å². The molecule has 2 atom stereocenters. The van der Waals surface area contributed by atoms with E-state index in [0.717, 1.165) is 0 Å². The minimum Gasteiger partial charge on any atom is -0.342 e. The van der Waals surface area contributed by atoms with Crippen LogP contribution in [-0.4, -0.2) is 41.2 Å². The normalized spacial score (nSPS) is 25.6. The zero-order valence-corrected chi connectivity index (χ0v) is 9.98. The van der Waals surface area contributed by atoms with Gasteiger partial charge in [-0.2, -0.15) is 8.42 Å². The molecule has 0 aromatic heterocycles. The first-order valence-electron chi connectivity index (χ1n) is 4.77. The molecule has 2 N–H and O–H groups in total. The van der Waals surface area contributed by atoms with E-state index in [2.05, 4.69) is 5.32 Å². The second-order valence-corrected chi connectivity index (χ2v) is 5.28. The number of nitrogens with zero attached hydrogens (tertiary/aromatic N) is 1. The number of amides is 2. The van der Waals surface area contributed by atoms with Gasteiger partial charge in [0.15, 0.2) is 0 Å². The first kappa shape index (κ1) is 12.9. The molecular weight excluding hydrogens is 236 g/mol. The minimum atomic E-state index is -4.52. The van der Waals surface area contributed by atoms with Crippen molar-refractivity contribution in [3.05, 3.63) is 0 Å². The van der Waals surface area contributed by atoms with Crippen LogP contribution in [0.1, 0.15) is 20.8 Å². The summed E-state index contributed by atoms with van der Waals surface area (Å²) in [6.45, 7) is 4.74. The summed E-state index contributed by atoms with van der Waals surface area (Å²) in [5, 5.41) is 2.41. The Morgan fingerprint density at radius 3 is 2.31 bits per heavy atom. The van der Waals surface area contributed by atoms with Crippen LogP contribution in [-0.2, 0) is 19.9 Å². The van der Waals surface area contributed by atoms with E-state index < -0.39 is 28.3 Å². The average molecular weight is 250 g/mol. The highest BCUT2D eigenvalue weighted by atomic mass is 32.2. The van der Waals surface area contributed by atoms with E-state index in [0.29, 0.717) is 4.31 Å². The molecule has 8 heteroatoms. The predicted molar refractivity (Wildman–Crippen MR) is 54.6 cm³/mol. The molecule has 2 amide bonds. The molecule has 1 heterocycles. The Kier molecular flexibility index (Phi) is 3.25. The zero-order valence-electron chi connectivity index (χ0n) is 9.17. The molecule has 7 nitrogen and oxygen atoms in total. The Labute approximate surface area is 93.7 Å². The number of hydrogen-bond acceptors (Lipinski definition) is 4. The van der Waals surface area contributed by atoms with Gasteiger partial charge in [-0.3, -0.25) is 14.1 Å². The molecule has 1 aliphatic rings. The maximum Gasteiger partial charge on any atom is 0.362 e. The van der Waals surface area contributed by atoms with Gasteiger partial charge in [0.1, 0.15) is 6.04 Å². The van der Waals surface area contributed by atoms with Gasteiger partial charge in [-0.1, -0.05) is 13.8 Å². The van der Waals surface area contributed by atoms with E-state index >= 15 is 0 Å². The molecule has 92 valence electrons. The summed E-state index contributed by atoms with van der Waals surface area (Å²) in [7, 11) is -4.52. The van der Waals surface area contributed by atoms with E-state index in [1.807, 2.05) is 0 Å². The largest absolute Gasteiger partial charge is 0.362 e. The van der Waals surface area contributed by atoms with Gasteiger partial charge in [-0.15, -0.1) is 0 Å². The van der Waals surface area contributed by atoms with Crippen molar-refractivity contribution < 1.29 is 22.6 Å². The van der Waals surface area contributed by atoms with Gasteiger partial charge in [-0.25, -0.2) is 4.31 Å². The number of nitrogens with one attached hydrogen (secondary N) is 1. The number of β-lactam (4-membered cyclic amide) rings is 1. The summed E-state index contributed by atoms with van der Waals surface area (Å²) in [6, 6.07) is -1.64. The SMILES string of the molecule is CC(C)C(=O)N[C@@H]1C(=O)N(S(=O)(=O)O)[C@H]1C. The van der Waals surface area contributed by atoms with Gasteiger partial charge in [0.05, 0.1) is 6.04 Å². The smallest absolute Gasteiger partial charge is 0.342 e. The van der Waals surface area contributed by atoms with Gasteiger partial charge in [0, 0.05) is 5.92 Å². The maximum atomic E-state index is 11.3. The molecule has 16 heavy (non-hydrogen) atoms. The van der Waals surface area contributed by atoms with Gasteiger partial charge in [0.2, 0.25) is 5.91 Å². The third-order valence-electron chi connectivity index (χ3n) is 2.41. The van der Waals surface area contributed by atoms with Crippen molar-refractivity contribution in [1.82, 2.24) is 9.62 Å². The highest BCUT2D eigenvalue weighted by Crippen LogP contribution is 2.22. The number of carbonyl (C=O) groups excluding carboxylic acids is 2. The van der Waals surface area contributed by atoms with Gasteiger partial charge in [-0.05, 0) is 6.92 Å². The van der Waals surface area contributed by atoms with Crippen LogP contribution >= 0.6 is 0 Å². The zero-order chi connectivity index (χ0) is 12.7. The highest BCUT2D eigenvalue weighted by Gasteiger charge is 2.51. The third kappa shape index (κ3) is 2.17. The Morgan fingerprint density at radius 2 is 2.00 bits per heavy atom. The molecule has 1 saturated heterocycles. The molecule has 0 aliphatic carbocycles. The van der Waals surface area contributed by atoms with Crippen molar-refractivity contribution in [2.24, 2.45) is 5.92 Å². The molecule has 1 rings (SSSR count). The van der Waals surface area contributed by atoms with Gasteiger partial charge >= 0.3 is 10.3 Å². The van der Waals surface area contributed by atoms with Crippen LogP contribution in [0.2, 0.25) is 0 Å². The Bertz CT molecular complexity index is 416. The van der Waals surface area contributed by atoms with Crippen LogP contribution in [0.3, 0.4) is 0 Å². The summed E-state index contributed by atoms with van der Waals surface area (Å²) in [5.41, 5.74) is 0. The van der Waals surface area contributed by atoms with Crippen molar-refractivity contribution in [3.8, 4) is 0 Å². The fraction of sp³-hybridized carbons (Fsp3) is 0.750. The molecule has 0 spiro atoms. The fourth-order valence-corrected chi connectivity index (χ4v) is 2.31. The second kappa shape index (κ2) is 4.02. The van der Waals surface area contributed by atoms with Gasteiger partial charge < -0.3 is 5.32 Å². The van der Waals surface area contributed by atoms with Crippen molar-refractivity contribution in [2.45, 2.75) is 32.9 Å². The molecular formula is C8H14N2O5S. The second-order valence-electron chi connectivity index (χ2n) is 3.99. The lowest BCUT2D eigenvalue weighted by molar-refractivity contribution is -0.145. The highest BCUT2D eigenvalue weighted by molar-refractivity contribution is 7.84. The quantitative estimate of drug-likeness (QED) is 0.502. The molecule has 0 bridgehead atoms. The molecule has 0 radical (unpaired) electrons. The predicted octanol–water partition coefficient (Wildman–Crippen LogP) is -0.839. The summed E-state index contributed by atoms with van der Waals surface area (Å²) in [5.74, 6) is -1.44. The van der Waals surface area contributed by atoms with Crippen LogP contribution in [0.4, 0.5) is 0 Å². The monoisotopic (exact) mass is 250 g/mol. The third-order valence-corrected chi connectivity index (χ3v) is 3.42. The Morgan fingerprint density at radius 1 is 1.50 bits per heavy atom. The Hall–Kier alpha value is -1.15. The van der Waals surface area contributed by atoms with E-state index in [9.17, 15) is 18.0 Å². The standard InChI is InChI=1S/C8H14N2O5S/c1-4(2)7(11)9-6-5(3)10(8(6)12)16(13,14)15/h4-6H,1-3H3,(H,9,11)(H,13,14,15)/t5-,6-/m0/s1. The maximum absolute atomic E-state index is 11.3. The first-order valence-corrected chi connectivity index (χ1v) is 6.17. The molecule has 0 aromatic rings. The van der Waals surface area contributed by atoms with Crippen molar-refractivity contribution >= 4 is 22.1 Å². The minimum absolute atomic E-state index is 0.292. The fourth-order valence-electron chi connectivity index (χ4n) is 1.42. The number of carbonyl (C=O) groups is 2. The summed E-state index contributed by atoms with van der Waals surface area (Å²) in [4.78, 5) is 22.6. The van der Waals surface area contributed by atoms with Crippen LogP contribution in [0.5, 0.6) is 0 Å². The van der Waals surface area contributed by atoms with Gasteiger partial charge in [0.25, 0.3) is 5.91 Å². The first-order chi connectivity index (χ1) is 7.16. The number of rotatable bonds is 3. The molecule has 1 fully saturated rings. The lowest BCUT2D eigenvalue weighted by Gasteiger charge is -2.42. The number of hydrogen-bond donors (Lipinski definition) is 2. The molecule has 0 unspecified atom stereocenters. The van der Waals surface area contributed by atoms with E-state index in [-0.39, 0.29) is 11.8 Å². The van der Waals surface area contributed by atoms with Crippen molar-refractivity contribution in [1.29, 1.82) is 0 Å². The Balaban J connectivity index is 2.71. The summed E-state index contributed by atoms with van der Waals surface area (Å²) in [6.07, 6.45) is 0. The van der Waals surface area contributed by atoms with Crippen molar-refractivity contribution in [2.75, 3.05) is 0 Å². The van der Waals surface area contributed by atoms with Crippen LogP contribution < -0.4 is 5.32 Å². The van der Waals surface area contributed by atoms with Crippen LogP contribution in [0.15, 0.2) is 0 Å².